The van der Waals surface area contributed by atoms with Crippen molar-refractivity contribution in [1.29, 1.82) is 0 Å². The van der Waals surface area contributed by atoms with Crippen LogP contribution in [-0.4, -0.2) is 23.3 Å². The third kappa shape index (κ3) is 3.10. The summed E-state index contributed by atoms with van der Waals surface area (Å²) in [6, 6.07) is 14.7. The van der Waals surface area contributed by atoms with Crippen LogP contribution in [0.3, 0.4) is 0 Å². The van der Waals surface area contributed by atoms with Gasteiger partial charge in [0, 0.05) is 17.8 Å². The van der Waals surface area contributed by atoms with Gasteiger partial charge in [-0.25, -0.2) is 4.39 Å². The number of nitrogens with zero attached hydrogens (tertiary/aromatic N) is 1. The molecule has 0 aliphatic carbocycles. The molecule has 28 heavy (non-hydrogen) atoms. The van der Waals surface area contributed by atoms with Gasteiger partial charge in [-0.15, -0.1) is 0 Å². The summed E-state index contributed by atoms with van der Waals surface area (Å²) in [5.41, 5.74) is 13.2. The number of nitrogens with one attached hydrogen (secondary N) is 1. The second-order valence-corrected chi connectivity index (χ2v) is 6.95. The number of rotatable bonds is 4. The number of aromatic nitrogens is 1. The van der Waals surface area contributed by atoms with Crippen LogP contribution in [0.15, 0.2) is 54.6 Å². The summed E-state index contributed by atoms with van der Waals surface area (Å²) in [6.45, 7) is 0.359. The minimum absolute atomic E-state index is 0.325. The molecule has 0 spiro atoms. The first-order valence-corrected chi connectivity index (χ1v) is 8.93. The predicted molar refractivity (Wildman–Crippen MR) is 103 cm³/mol. The predicted octanol–water partition coefficient (Wildman–Crippen LogP) is 2.00. The van der Waals surface area contributed by atoms with Crippen LogP contribution in [0.25, 0.3) is 10.9 Å². The minimum Gasteiger partial charge on any atom is -0.369 e. The number of nitrogens with two attached hydrogens (primary N) is 2. The third-order valence-corrected chi connectivity index (χ3v) is 5.28. The van der Waals surface area contributed by atoms with Crippen LogP contribution in [0, 0.1) is 11.7 Å². The zero-order valence-corrected chi connectivity index (χ0v) is 14.9. The highest BCUT2D eigenvalue weighted by atomic mass is 19.1. The number of pyridine rings is 1. The van der Waals surface area contributed by atoms with E-state index in [2.05, 4.69) is 10.3 Å². The van der Waals surface area contributed by atoms with Gasteiger partial charge in [-0.1, -0.05) is 30.3 Å². The van der Waals surface area contributed by atoms with Gasteiger partial charge in [0.25, 0.3) is 5.91 Å². The molecule has 1 aliphatic rings. The van der Waals surface area contributed by atoms with Crippen molar-refractivity contribution in [2.45, 2.75) is 12.0 Å². The van der Waals surface area contributed by atoms with Crippen molar-refractivity contribution < 1.29 is 14.0 Å². The van der Waals surface area contributed by atoms with Gasteiger partial charge < -0.3 is 16.8 Å². The Morgan fingerprint density at radius 3 is 2.57 bits per heavy atom. The van der Waals surface area contributed by atoms with Crippen molar-refractivity contribution in [3.8, 4) is 0 Å². The van der Waals surface area contributed by atoms with Crippen LogP contribution in [-0.2, 0) is 4.79 Å². The molecule has 4 rings (SSSR count). The van der Waals surface area contributed by atoms with Gasteiger partial charge in [-0.3, -0.25) is 14.6 Å². The number of primary amides is 2. The smallest absolute Gasteiger partial charge is 0.250 e. The number of carbonyl (C=O) groups excluding carboxylic acids is 2. The van der Waals surface area contributed by atoms with Gasteiger partial charge in [0.1, 0.15) is 5.82 Å². The number of benzene rings is 2. The molecule has 1 aromatic heterocycles. The number of hydrogen-bond acceptors (Lipinski definition) is 4. The lowest BCUT2D eigenvalue weighted by Crippen LogP contribution is -2.28. The second kappa shape index (κ2) is 7.01. The first-order chi connectivity index (χ1) is 13.5. The molecule has 2 unspecified atom stereocenters. The van der Waals surface area contributed by atoms with Gasteiger partial charge in [0.05, 0.1) is 28.7 Å². The van der Waals surface area contributed by atoms with Crippen LogP contribution >= 0.6 is 0 Å². The quantitative estimate of drug-likeness (QED) is 0.645. The maximum Gasteiger partial charge on any atom is 0.250 e. The van der Waals surface area contributed by atoms with Crippen molar-refractivity contribution in [3.63, 3.8) is 0 Å². The van der Waals surface area contributed by atoms with Crippen LogP contribution in [0.1, 0.15) is 33.6 Å². The molecule has 2 heterocycles. The lowest BCUT2D eigenvalue weighted by atomic mass is 9.82. The number of halogens is 1. The number of hydrogen-bond donors (Lipinski definition) is 3. The third-order valence-electron chi connectivity index (χ3n) is 5.28. The summed E-state index contributed by atoms with van der Waals surface area (Å²) in [5.74, 6) is -2.28. The summed E-state index contributed by atoms with van der Waals surface area (Å²) in [6.07, 6.45) is 0. The van der Waals surface area contributed by atoms with E-state index in [1.165, 1.54) is 12.1 Å². The molecular weight excluding hydrogens is 359 g/mol. The number of carbonyl (C=O) groups is 2. The SMILES string of the molecule is NC(=O)c1cccc2ccc(C3NCC(C(N)=O)[C@H]3c3cccc(F)c3)nc12. The largest absolute Gasteiger partial charge is 0.369 e. The molecule has 3 aromatic rings. The normalized spacial score (nSPS) is 21.7. The van der Waals surface area contributed by atoms with Crippen molar-refractivity contribution >= 4 is 22.7 Å². The van der Waals surface area contributed by atoms with Crippen molar-refractivity contribution in [2.75, 3.05) is 6.54 Å². The Balaban J connectivity index is 1.83. The maximum atomic E-state index is 13.8. The van der Waals surface area contributed by atoms with E-state index in [0.29, 0.717) is 28.9 Å². The molecule has 2 amide bonds. The standard InChI is InChI=1S/C21H19FN4O2/c22-13-5-1-4-12(9-13)17-15(21(24)28)10-25-19(17)16-8-7-11-3-2-6-14(20(23)27)18(11)26-16/h1-9,15,17,19,25H,10H2,(H2,23,27)(H2,24,28)/t15?,17-,19?/m1/s1. The number of amides is 2. The van der Waals surface area contributed by atoms with E-state index in [1.807, 2.05) is 18.2 Å². The Hall–Kier alpha value is -3.32. The second-order valence-electron chi connectivity index (χ2n) is 6.95. The highest BCUT2D eigenvalue weighted by Gasteiger charge is 2.41. The maximum absolute atomic E-state index is 13.8. The Morgan fingerprint density at radius 2 is 1.86 bits per heavy atom. The average Bonchev–Trinajstić information content (AvgIpc) is 3.12. The van der Waals surface area contributed by atoms with Gasteiger partial charge in [0.15, 0.2) is 0 Å². The average molecular weight is 378 g/mol. The van der Waals surface area contributed by atoms with Crippen LogP contribution in [0.5, 0.6) is 0 Å². The minimum atomic E-state index is -0.564. The molecule has 1 aliphatic heterocycles. The van der Waals surface area contributed by atoms with E-state index in [-0.39, 0.29) is 17.8 Å². The lowest BCUT2D eigenvalue weighted by Gasteiger charge is -2.23. The fraction of sp³-hybridized carbons (Fsp3) is 0.190. The Labute approximate surface area is 160 Å². The van der Waals surface area contributed by atoms with E-state index in [4.69, 9.17) is 11.5 Å². The van der Waals surface area contributed by atoms with Crippen molar-refractivity contribution in [1.82, 2.24) is 10.3 Å². The van der Waals surface area contributed by atoms with Gasteiger partial charge >= 0.3 is 0 Å². The van der Waals surface area contributed by atoms with Gasteiger partial charge in [-0.2, -0.15) is 0 Å². The molecule has 0 radical (unpaired) electrons. The highest BCUT2D eigenvalue weighted by molar-refractivity contribution is 6.04. The molecule has 142 valence electrons. The first-order valence-electron chi connectivity index (χ1n) is 8.93. The lowest BCUT2D eigenvalue weighted by molar-refractivity contribution is -0.121. The van der Waals surface area contributed by atoms with E-state index >= 15 is 0 Å². The zero-order chi connectivity index (χ0) is 19.8. The van der Waals surface area contributed by atoms with Crippen molar-refractivity contribution in [2.24, 2.45) is 17.4 Å². The first kappa shape index (κ1) is 18.1. The Bertz CT molecular complexity index is 1080. The van der Waals surface area contributed by atoms with E-state index in [9.17, 15) is 14.0 Å². The highest BCUT2D eigenvalue weighted by Crippen LogP contribution is 2.41. The summed E-state index contributed by atoms with van der Waals surface area (Å²) >= 11 is 0. The molecule has 1 fully saturated rings. The monoisotopic (exact) mass is 378 g/mol. The fourth-order valence-corrected chi connectivity index (χ4v) is 3.98. The van der Waals surface area contributed by atoms with E-state index in [0.717, 1.165) is 5.39 Å². The molecular formula is C21H19FN4O2. The zero-order valence-electron chi connectivity index (χ0n) is 14.9. The fourth-order valence-electron chi connectivity index (χ4n) is 3.98. The molecule has 0 bridgehead atoms. The topological polar surface area (TPSA) is 111 Å². The van der Waals surface area contributed by atoms with Crippen LogP contribution in [0.4, 0.5) is 4.39 Å². The van der Waals surface area contributed by atoms with E-state index < -0.39 is 17.7 Å². The van der Waals surface area contributed by atoms with Crippen molar-refractivity contribution in [3.05, 3.63) is 77.2 Å². The molecule has 5 N–H and O–H groups in total. The van der Waals surface area contributed by atoms with Crippen LogP contribution < -0.4 is 16.8 Å². The summed E-state index contributed by atoms with van der Waals surface area (Å²) in [5, 5.41) is 4.07. The molecule has 2 aromatic carbocycles. The summed E-state index contributed by atoms with van der Waals surface area (Å²) < 4.78 is 13.8. The number of fused-ring (bicyclic) bond motifs is 1. The molecule has 3 atom stereocenters. The van der Waals surface area contributed by atoms with Gasteiger partial charge in [-0.05, 0) is 29.8 Å². The Kier molecular flexibility index (Phi) is 4.52. The summed E-state index contributed by atoms with van der Waals surface area (Å²) in [7, 11) is 0. The number of para-hydroxylation sites is 1. The molecule has 7 heteroatoms. The van der Waals surface area contributed by atoms with Gasteiger partial charge in [0.2, 0.25) is 5.91 Å². The molecule has 6 nitrogen and oxygen atoms in total. The Morgan fingerprint density at radius 1 is 1.07 bits per heavy atom. The molecule has 0 saturated carbocycles. The molecule has 1 saturated heterocycles. The van der Waals surface area contributed by atoms with Crippen LogP contribution in [0.2, 0.25) is 0 Å². The summed E-state index contributed by atoms with van der Waals surface area (Å²) in [4.78, 5) is 28.4. The van der Waals surface area contributed by atoms with E-state index in [1.54, 1.807) is 24.3 Å².